The zero-order valence-electron chi connectivity index (χ0n) is 10.0. The molecule has 0 radical (unpaired) electrons. The Morgan fingerprint density at radius 3 is 2.80 bits per heavy atom. The van der Waals surface area contributed by atoms with Crippen molar-refractivity contribution in [3.05, 3.63) is 18.0 Å². The lowest BCUT2D eigenvalue weighted by Gasteiger charge is -2.18. The second-order valence-corrected chi connectivity index (χ2v) is 3.68. The second-order valence-electron chi connectivity index (χ2n) is 3.68. The lowest BCUT2D eigenvalue weighted by atomic mass is 10.3. The first-order valence-electron chi connectivity index (χ1n) is 5.68. The van der Waals surface area contributed by atoms with Crippen molar-refractivity contribution < 1.29 is 0 Å². The largest absolute Gasteiger partial charge is 0.318 e. The van der Waals surface area contributed by atoms with Crippen molar-refractivity contribution in [3.63, 3.8) is 0 Å². The third-order valence-corrected chi connectivity index (χ3v) is 2.54. The van der Waals surface area contributed by atoms with E-state index in [1.165, 1.54) is 5.56 Å². The quantitative estimate of drug-likeness (QED) is 0.727. The molecule has 0 saturated carbocycles. The monoisotopic (exact) mass is 210 g/mol. The molecule has 1 aromatic rings. The number of nitrogens with zero attached hydrogens (tertiary/aromatic N) is 3. The fraction of sp³-hybridized carbons (Fsp3) is 0.727. The van der Waals surface area contributed by atoms with Gasteiger partial charge in [-0.15, -0.1) is 0 Å². The fourth-order valence-corrected chi connectivity index (χ4v) is 1.54. The molecule has 0 saturated heterocycles. The van der Waals surface area contributed by atoms with Crippen molar-refractivity contribution in [2.45, 2.75) is 26.9 Å². The summed E-state index contributed by atoms with van der Waals surface area (Å²) in [5.74, 6) is 0. The maximum Gasteiger partial charge on any atom is 0.0534 e. The highest BCUT2D eigenvalue weighted by atomic mass is 15.3. The van der Waals surface area contributed by atoms with E-state index in [1.54, 1.807) is 0 Å². The van der Waals surface area contributed by atoms with E-state index in [1.807, 2.05) is 17.9 Å². The van der Waals surface area contributed by atoms with Crippen LogP contribution in [0.4, 0.5) is 0 Å². The molecule has 1 rings (SSSR count). The maximum absolute atomic E-state index is 4.28. The van der Waals surface area contributed by atoms with E-state index in [2.05, 4.69) is 35.4 Å². The standard InChI is InChI=1S/C11H22N4/c1-4-14(7-6-12-3)9-11-8-13-15(5-2)10-11/h8,10,12H,4-7,9H2,1-3H3. The molecule has 0 unspecified atom stereocenters. The van der Waals surface area contributed by atoms with Crippen LogP contribution in [0.3, 0.4) is 0 Å². The summed E-state index contributed by atoms with van der Waals surface area (Å²) in [5, 5.41) is 7.45. The average Bonchev–Trinajstić information content (AvgIpc) is 2.71. The van der Waals surface area contributed by atoms with E-state index >= 15 is 0 Å². The molecule has 0 amide bonds. The molecule has 0 aliphatic carbocycles. The van der Waals surface area contributed by atoms with Gasteiger partial charge < -0.3 is 5.32 Å². The minimum Gasteiger partial charge on any atom is -0.318 e. The van der Waals surface area contributed by atoms with Crippen molar-refractivity contribution in [2.75, 3.05) is 26.7 Å². The first-order valence-corrected chi connectivity index (χ1v) is 5.68. The van der Waals surface area contributed by atoms with E-state index in [-0.39, 0.29) is 0 Å². The van der Waals surface area contributed by atoms with Crippen LogP contribution in [0.15, 0.2) is 12.4 Å². The van der Waals surface area contributed by atoms with Crippen molar-refractivity contribution in [1.29, 1.82) is 0 Å². The molecule has 15 heavy (non-hydrogen) atoms. The van der Waals surface area contributed by atoms with Gasteiger partial charge in [-0.2, -0.15) is 5.10 Å². The molecule has 0 aromatic carbocycles. The predicted molar refractivity (Wildman–Crippen MR) is 62.8 cm³/mol. The number of nitrogens with one attached hydrogen (secondary N) is 1. The Hall–Kier alpha value is -0.870. The second kappa shape index (κ2) is 6.58. The molecule has 1 heterocycles. The number of aromatic nitrogens is 2. The number of aryl methyl sites for hydroxylation is 1. The molecule has 0 spiro atoms. The lowest BCUT2D eigenvalue weighted by molar-refractivity contribution is 0.282. The summed E-state index contributed by atoms with van der Waals surface area (Å²) in [5.41, 5.74) is 1.30. The Labute approximate surface area is 92.3 Å². The van der Waals surface area contributed by atoms with E-state index in [0.717, 1.165) is 32.7 Å². The number of likely N-dealkylation sites (N-methyl/N-ethyl adjacent to an activating group) is 2. The van der Waals surface area contributed by atoms with Gasteiger partial charge in [0.2, 0.25) is 0 Å². The summed E-state index contributed by atoms with van der Waals surface area (Å²) in [6.45, 7) is 9.45. The smallest absolute Gasteiger partial charge is 0.0534 e. The molecular formula is C11H22N4. The van der Waals surface area contributed by atoms with Gasteiger partial charge in [0.1, 0.15) is 0 Å². The zero-order valence-corrected chi connectivity index (χ0v) is 10.0. The first-order chi connectivity index (χ1) is 7.30. The van der Waals surface area contributed by atoms with Crippen LogP contribution >= 0.6 is 0 Å². The van der Waals surface area contributed by atoms with Crippen LogP contribution in [0.25, 0.3) is 0 Å². The Balaban J connectivity index is 2.43. The third-order valence-electron chi connectivity index (χ3n) is 2.54. The molecule has 1 N–H and O–H groups in total. The molecule has 0 fully saturated rings. The van der Waals surface area contributed by atoms with E-state index < -0.39 is 0 Å². The molecule has 86 valence electrons. The van der Waals surface area contributed by atoms with Crippen molar-refractivity contribution in [2.24, 2.45) is 0 Å². The van der Waals surface area contributed by atoms with Gasteiger partial charge in [-0.25, -0.2) is 0 Å². The molecule has 4 nitrogen and oxygen atoms in total. The van der Waals surface area contributed by atoms with Gasteiger partial charge in [0.15, 0.2) is 0 Å². The third kappa shape index (κ3) is 4.01. The number of hydrogen-bond donors (Lipinski definition) is 1. The molecule has 0 aliphatic heterocycles. The minimum absolute atomic E-state index is 0.947. The van der Waals surface area contributed by atoms with Gasteiger partial charge in [-0.1, -0.05) is 6.92 Å². The molecule has 0 bridgehead atoms. The van der Waals surface area contributed by atoms with Crippen LogP contribution in [-0.2, 0) is 13.1 Å². The van der Waals surface area contributed by atoms with Gasteiger partial charge in [0.05, 0.1) is 6.20 Å². The van der Waals surface area contributed by atoms with Crippen LogP contribution in [0, 0.1) is 0 Å². The molecule has 1 aromatic heterocycles. The number of rotatable bonds is 7. The average molecular weight is 210 g/mol. The Morgan fingerprint density at radius 2 is 2.27 bits per heavy atom. The maximum atomic E-state index is 4.28. The normalized spacial score (nSPS) is 11.2. The zero-order chi connectivity index (χ0) is 11.1. The SMILES string of the molecule is CCN(CCNC)Cc1cnn(CC)c1. The summed E-state index contributed by atoms with van der Waals surface area (Å²) < 4.78 is 1.97. The topological polar surface area (TPSA) is 33.1 Å². The highest BCUT2D eigenvalue weighted by Gasteiger charge is 2.04. The molecule has 4 heteroatoms. The summed E-state index contributed by atoms with van der Waals surface area (Å²) in [6, 6.07) is 0. The molecular weight excluding hydrogens is 188 g/mol. The molecule has 0 aliphatic rings. The Bertz CT molecular complexity index is 269. The van der Waals surface area contributed by atoms with Gasteiger partial charge in [-0.05, 0) is 20.5 Å². The van der Waals surface area contributed by atoms with E-state index in [9.17, 15) is 0 Å². The Kier molecular flexibility index (Phi) is 5.36. The van der Waals surface area contributed by atoms with Crippen LogP contribution in [0.5, 0.6) is 0 Å². The predicted octanol–water partition coefficient (Wildman–Crippen LogP) is 0.944. The van der Waals surface area contributed by atoms with Crippen molar-refractivity contribution >= 4 is 0 Å². The number of hydrogen-bond acceptors (Lipinski definition) is 3. The fourth-order valence-electron chi connectivity index (χ4n) is 1.54. The van der Waals surface area contributed by atoms with Gasteiger partial charge in [0, 0.05) is 37.9 Å². The van der Waals surface area contributed by atoms with Crippen LogP contribution in [-0.4, -0.2) is 41.4 Å². The van der Waals surface area contributed by atoms with Crippen LogP contribution in [0.2, 0.25) is 0 Å². The van der Waals surface area contributed by atoms with Gasteiger partial charge in [0.25, 0.3) is 0 Å². The lowest BCUT2D eigenvalue weighted by Crippen LogP contribution is -2.30. The van der Waals surface area contributed by atoms with Gasteiger partial charge in [-0.3, -0.25) is 9.58 Å². The van der Waals surface area contributed by atoms with E-state index in [0.29, 0.717) is 0 Å². The highest BCUT2D eigenvalue weighted by Crippen LogP contribution is 2.02. The summed E-state index contributed by atoms with van der Waals surface area (Å²) in [4.78, 5) is 2.41. The van der Waals surface area contributed by atoms with Crippen molar-refractivity contribution in [1.82, 2.24) is 20.0 Å². The summed E-state index contributed by atoms with van der Waals surface area (Å²) >= 11 is 0. The first kappa shape index (κ1) is 12.2. The molecule has 0 atom stereocenters. The van der Waals surface area contributed by atoms with Crippen molar-refractivity contribution in [3.8, 4) is 0 Å². The van der Waals surface area contributed by atoms with Crippen LogP contribution < -0.4 is 5.32 Å². The highest BCUT2D eigenvalue weighted by molar-refractivity contribution is 5.03. The minimum atomic E-state index is 0.947. The summed E-state index contributed by atoms with van der Waals surface area (Å²) in [6.07, 6.45) is 4.09. The van der Waals surface area contributed by atoms with Crippen LogP contribution in [0.1, 0.15) is 19.4 Å². The Morgan fingerprint density at radius 1 is 1.47 bits per heavy atom. The van der Waals surface area contributed by atoms with Gasteiger partial charge >= 0.3 is 0 Å². The summed E-state index contributed by atoms with van der Waals surface area (Å²) in [7, 11) is 1.99. The van der Waals surface area contributed by atoms with E-state index in [4.69, 9.17) is 0 Å².